The maximum Gasteiger partial charge on any atom is 0.255 e. The highest BCUT2D eigenvalue weighted by atomic mass is 35.5. The molecule has 24 heavy (non-hydrogen) atoms. The zero-order chi connectivity index (χ0) is 16.9. The van der Waals surface area contributed by atoms with E-state index in [1.807, 2.05) is 17.0 Å². The van der Waals surface area contributed by atoms with Crippen molar-refractivity contribution in [1.82, 2.24) is 19.8 Å². The molecule has 1 fully saturated rings. The number of rotatable bonds is 3. The van der Waals surface area contributed by atoms with E-state index in [9.17, 15) is 4.79 Å². The normalized spacial score (nSPS) is 16.0. The number of hydrogen-bond acceptors (Lipinski definition) is 5. The van der Waals surface area contributed by atoms with Crippen molar-refractivity contribution in [2.45, 2.75) is 13.0 Å². The standard InChI is InChI=1S/C17H20ClN5O/c18-15-11-20-6-4-14(15)17(24)23-8-2-7-22(9-10-23)12-13-3-1-5-21-16(13)19/h1,3-6,11H,2,7-10,12H2,(H2,19,21). The lowest BCUT2D eigenvalue weighted by Crippen LogP contribution is -2.35. The molecule has 0 saturated carbocycles. The molecule has 1 aliphatic rings. The first-order chi connectivity index (χ1) is 11.6. The highest BCUT2D eigenvalue weighted by molar-refractivity contribution is 6.33. The Morgan fingerprint density at radius 1 is 1.21 bits per heavy atom. The second-order valence-electron chi connectivity index (χ2n) is 5.83. The molecule has 1 saturated heterocycles. The van der Waals surface area contributed by atoms with Gasteiger partial charge in [0.25, 0.3) is 5.91 Å². The van der Waals surface area contributed by atoms with Gasteiger partial charge in [0.05, 0.1) is 10.6 Å². The van der Waals surface area contributed by atoms with Crippen molar-refractivity contribution in [3.8, 4) is 0 Å². The second-order valence-corrected chi connectivity index (χ2v) is 6.23. The van der Waals surface area contributed by atoms with Gasteiger partial charge in [0.2, 0.25) is 0 Å². The fraction of sp³-hybridized carbons (Fsp3) is 0.353. The van der Waals surface area contributed by atoms with Crippen LogP contribution in [-0.2, 0) is 6.54 Å². The number of aromatic nitrogens is 2. The van der Waals surface area contributed by atoms with E-state index < -0.39 is 0 Å². The third kappa shape index (κ3) is 3.83. The average Bonchev–Trinajstić information content (AvgIpc) is 2.82. The summed E-state index contributed by atoms with van der Waals surface area (Å²) < 4.78 is 0. The first-order valence-electron chi connectivity index (χ1n) is 7.95. The van der Waals surface area contributed by atoms with Crippen molar-refractivity contribution in [3.63, 3.8) is 0 Å². The predicted octanol–water partition coefficient (Wildman–Crippen LogP) is 2.06. The summed E-state index contributed by atoms with van der Waals surface area (Å²) in [7, 11) is 0. The molecule has 1 amide bonds. The highest BCUT2D eigenvalue weighted by Gasteiger charge is 2.22. The zero-order valence-electron chi connectivity index (χ0n) is 13.4. The summed E-state index contributed by atoms with van der Waals surface area (Å²) in [6.45, 7) is 3.84. The molecule has 0 radical (unpaired) electrons. The van der Waals surface area contributed by atoms with E-state index in [1.54, 1.807) is 18.5 Å². The maximum atomic E-state index is 12.7. The molecule has 3 heterocycles. The van der Waals surface area contributed by atoms with Crippen LogP contribution in [0.15, 0.2) is 36.8 Å². The smallest absolute Gasteiger partial charge is 0.255 e. The predicted molar refractivity (Wildman–Crippen MR) is 93.7 cm³/mol. The summed E-state index contributed by atoms with van der Waals surface area (Å²) in [5.74, 6) is 0.531. The molecule has 126 valence electrons. The molecule has 0 aliphatic carbocycles. The molecule has 0 atom stereocenters. The lowest BCUT2D eigenvalue weighted by atomic mass is 10.2. The molecule has 2 aromatic heterocycles. The summed E-state index contributed by atoms with van der Waals surface area (Å²) in [4.78, 5) is 24.9. The van der Waals surface area contributed by atoms with Gasteiger partial charge in [-0.15, -0.1) is 0 Å². The molecule has 1 aliphatic heterocycles. The zero-order valence-corrected chi connectivity index (χ0v) is 14.1. The number of carbonyl (C=O) groups is 1. The minimum atomic E-state index is -0.0369. The molecule has 0 bridgehead atoms. The van der Waals surface area contributed by atoms with E-state index in [0.717, 1.165) is 38.2 Å². The van der Waals surface area contributed by atoms with Gasteiger partial charge in [-0.25, -0.2) is 4.98 Å². The SMILES string of the molecule is Nc1ncccc1CN1CCCN(C(=O)c2ccncc2Cl)CC1. The van der Waals surface area contributed by atoms with Crippen LogP contribution in [-0.4, -0.2) is 51.9 Å². The van der Waals surface area contributed by atoms with Crippen molar-refractivity contribution in [3.05, 3.63) is 52.9 Å². The van der Waals surface area contributed by atoms with E-state index in [1.165, 1.54) is 6.20 Å². The summed E-state index contributed by atoms with van der Waals surface area (Å²) in [5.41, 5.74) is 7.46. The first kappa shape index (κ1) is 16.7. The molecule has 0 unspecified atom stereocenters. The molecule has 0 spiro atoms. The van der Waals surface area contributed by atoms with E-state index >= 15 is 0 Å². The molecule has 2 aromatic rings. The Balaban J connectivity index is 1.64. The lowest BCUT2D eigenvalue weighted by Gasteiger charge is -2.22. The highest BCUT2D eigenvalue weighted by Crippen LogP contribution is 2.18. The Kier molecular flexibility index (Phi) is 5.27. The van der Waals surface area contributed by atoms with Crippen LogP contribution < -0.4 is 5.73 Å². The van der Waals surface area contributed by atoms with Gasteiger partial charge in [-0.2, -0.15) is 0 Å². The van der Waals surface area contributed by atoms with Crippen LogP contribution in [0.1, 0.15) is 22.3 Å². The molecular formula is C17H20ClN5O. The summed E-state index contributed by atoms with van der Waals surface area (Å²) in [6.07, 6.45) is 5.70. The minimum absolute atomic E-state index is 0.0369. The maximum absolute atomic E-state index is 12.7. The quantitative estimate of drug-likeness (QED) is 0.921. The number of nitrogens with zero attached hydrogens (tertiary/aromatic N) is 4. The molecule has 3 rings (SSSR count). The van der Waals surface area contributed by atoms with Crippen molar-refractivity contribution < 1.29 is 4.79 Å². The summed E-state index contributed by atoms with van der Waals surface area (Å²) >= 11 is 6.09. The van der Waals surface area contributed by atoms with Gasteiger partial charge in [-0.1, -0.05) is 17.7 Å². The molecule has 7 heteroatoms. The number of pyridine rings is 2. The molecule has 0 aromatic carbocycles. The monoisotopic (exact) mass is 345 g/mol. The van der Waals surface area contributed by atoms with Crippen molar-refractivity contribution >= 4 is 23.3 Å². The number of nitrogens with two attached hydrogens (primary N) is 1. The van der Waals surface area contributed by atoms with Crippen LogP contribution in [0, 0.1) is 0 Å². The van der Waals surface area contributed by atoms with Crippen molar-refractivity contribution in [1.29, 1.82) is 0 Å². The number of amides is 1. The molecular weight excluding hydrogens is 326 g/mol. The number of carbonyl (C=O) groups excluding carboxylic acids is 1. The fourth-order valence-electron chi connectivity index (χ4n) is 2.88. The third-order valence-corrected chi connectivity index (χ3v) is 4.50. The third-order valence-electron chi connectivity index (χ3n) is 4.20. The average molecular weight is 346 g/mol. The van der Waals surface area contributed by atoms with Crippen molar-refractivity contribution in [2.75, 3.05) is 31.9 Å². The van der Waals surface area contributed by atoms with E-state index in [0.29, 0.717) is 22.9 Å². The number of halogens is 1. The van der Waals surface area contributed by atoms with E-state index in [4.69, 9.17) is 17.3 Å². The number of anilines is 1. The first-order valence-corrected chi connectivity index (χ1v) is 8.33. The Morgan fingerprint density at radius 2 is 2.08 bits per heavy atom. The van der Waals surface area contributed by atoms with Gasteiger partial charge >= 0.3 is 0 Å². The second kappa shape index (κ2) is 7.59. The Bertz CT molecular complexity index is 724. The van der Waals surface area contributed by atoms with Crippen LogP contribution in [0.5, 0.6) is 0 Å². The van der Waals surface area contributed by atoms with Gasteiger partial charge < -0.3 is 10.6 Å². The summed E-state index contributed by atoms with van der Waals surface area (Å²) in [6, 6.07) is 5.56. The minimum Gasteiger partial charge on any atom is -0.383 e. The van der Waals surface area contributed by atoms with Gasteiger partial charge in [-0.05, 0) is 18.6 Å². The van der Waals surface area contributed by atoms with Gasteiger partial charge in [0.1, 0.15) is 5.82 Å². The lowest BCUT2D eigenvalue weighted by molar-refractivity contribution is 0.0761. The Morgan fingerprint density at radius 3 is 2.88 bits per heavy atom. The largest absolute Gasteiger partial charge is 0.383 e. The Labute approximate surface area is 146 Å². The van der Waals surface area contributed by atoms with Gasteiger partial charge in [-0.3, -0.25) is 14.7 Å². The van der Waals surface area contributed by atoms with Crippen LogP contribution in [0.25, 0.3) is 0 Å². The van der Waals surface area contributed by atoms with E-state index in [-0.39, 0.29) is 5.91 Å². The topological polar surface area (TPSA) is 75.3 Å². The van der Waals surface area contributed by atoms with E-state index in [2.05, 4.69) is 14.9 Å². The summed E-state index contributed by atoms with van der Waals surface area (Å²) in [5, 5.41) is 0.395. The van der Waals surface area contributed by atoms with Gasteiger partial charge in [0, 0.05) is 56.9 Å². The van der Waals surface area contributed by atoms with Crippen LogP contribution in [0.3, 0.4) is 0 Å². The Hall–Kier alpha value is -2.18. The number of hydrogen-bond donors (Lipinski definition) is 1. The fourth-order valence-corrected chi connectivity index (χ4v) is 3.08. The van der Waals surface area contributed by atoms with Crippen LogP contribution in [0.2, 0.25) is 5.02 Å². The van der Waals surface area contributed by atoms with Crippen molar-refractivity contribution in [2.24, 2.45) is 0 Å². The van der Waals surface area contributed by atoms with Gasteiger partial charge in [0.15, 0.2) is 0 Å². The van der Waals surface area contributed by atoms with Crippen LogP contribution >= 0.6 is 11.6 Å². The number of nitrogen functional groups attached to an aromatic ring is 1. The molecule has 6 nitrogen and oxygen atoms in total. The molecule has 2 N–H and O–H groups in total. The van der Waals surface area contributed by atoms with Crippen LogP contribution in [0.4, 0.5) is 5.82 Å².